The molecule has 0 aliphatic rings. The van der Waals surface area contributed by atoms with Crippen LogP contribution in [0.5, 0.6) is 0 Å². The van der Waals surface area contributed by atoms with Crippen LogP contribution in [0.4, 0.5) is 22.0 Å². The van der Waals surface area contributed by atoms with Gasteiger partial charge in [-0.15, -0.1) is 0 Å². The van der Waals surface area contributed by atoms with Crippen molar-refractivity contribution < 1.29 is 22.0 Å². The first-order valence-electron chi connectivity index (χ1n) is 6.34. The van der Waals surface area contributed by atoms with Gasteiger partial charge in [-0.05, 0) is 5.56 Å². The molecule has 0 spiro atoms. The van der Waals surface area contributed by atoms with E-state index in [1.807, 2.05) is 0 Å². The Kier molecular flexibility index (Phi) is 3.59. The maximum atomic E-state index is 13.2. The summed E-state index contributed by atoms with van der Waals surface area (Å²) in [6.45, 7) is 0. The first-order chi connectivity index (χ1) is 10.7. The lowest BCUT2D eigenvalue weighted by atomic mass is 10.1. The number of fused-ring (bicyclic) bond motifs is 1. The zero-order valence-corrected chi connectivity index (χ0v) is 12.5. The van der Waals surface area contributed by atoms with Gasteiger partial charge in [0.25, 0.3) is 5.66 Å². The van der Waals surface area contributed by atoms with E-state index in [4.69, 9.17) is 0 Å². The predicted octanol–water partition coefficient (Wildman–Crippen LogP) is 4.34. The van der Waals surface area contributed by atoms with Gasteiger partial charge in [0.05, 0.1) is 6.20 Å². The van der Waals surface area contributed by atoms with Crippen molar-refractivity contribution in [3.63, 3.8) is 0 Å². The van der Waals surface area contributed by atoms with Crippen LogP contribution in [0, 0.1) is 0 Å². The molecule has 3 nitrogen and oxygen atoms in total. The highest BCUT2D eigenvalue weighted by atomic mass is 31.0. The van der Waals surface area contributed by atoms with E-state index in [0.717, 1.165) is 10.6 Å². The van der Waals surface area contributed by atoms with Gasteiger partial charge in [0.15, 0.2) is 5.65 Å². The van der Waals surface area contributed by atoms with Crippen LogP contribution in [0.25, 0.3) is 16.8 Å². The van der Waals surface area contributed by atoms with Gasteiger partial charge < -0.3 is 0 Å². The van der Waals surface area contributed by atoms with Gasteiger partial charge in [0.2, 0.25) is 5.82 Å². The second-order valence-electron chi connectivity index (χ2n) is 4.85. The lowest BCUT2D eigenvalue weighted by Gasteiger charge is -2.11. The molecule has 0 amide bonds. The number of alkyl halides is 5. The number of rotatable bonds is 2. The number of aromatic nitrogens is 3. The predicted molar refractivity (Wildman–Crippen MR) is 77.0 cm³/mol. The number of halogens is 5. The Morgan fingerprint density at radius 1 is 0.870 bits per heavy atom. The summed E-state index contributed by atoms with van der Waals surface area (Å²) in [5.41, 5.74) is -2.39. The van der Waals surface area contributed by atoms with E-state index in [0.29, 0.717) is 11.1 Å². The van der Waals surface area contributed by atoms with E-state index < -0.39 is 17.7 Å². The van der Waals surface area contributed by atoms with Crippen molar-refractivity contribution >= 4 is 14.9 Å². The van der Waals surface area contributed by atoms with Gasteiger partial charge in [-0.2, -0.15) is 22.0 Å². The molecule has 3 aromatic rings. The molecule has 0 aliphatic heterocycles. The molecular weight excluding hydrogens is 336 g/mol. The van der Waals surface area contributed by atoms with Gasteiger partial charge in [-0.3, -0.25) is 4.40 Å². The van der Waals surface area contributed by atoms with Crippen LogP contribution >= 0.6 is 9.24 Å². The fourth-order valence-electron chi connectivity index (χ4n) is 2.13. The lowest BCUT2D eigenvalue weighted by molar-refractivity contribution is -0.145. The van der Waals surface area contributed by atoms with Crippen LogP contribution in [0.15, 0.2) is 42.9 Å². The van der Waals surface area contributed by atoms with Crippen LogP contribution in [-0.4, -0.2) is 14.4 Å². The van der Waals surface area contributed by atoms with E-state index >= 15 is 0 Å². The van der Waals surface area contributed by atoms with E-state index in [1.54, 1.807) is 0 Å². The minimum Gasteiger partial charge on any atom is -0.280 e. The number of hydrogen-bond donors (Lipinski definition) is 0. The number of benzene rings is 1. The summed E-state index contributed by atoms with van der Waals surface area (Å²) >= 11 is 0. The molecule has 9 heteroatoms. The van der Waals surface area contributed by atoms with Gasteiger partial charge in [0, 0.05) is 23.5 Å². The summed E-state index contributed by atoms with van der Waals surface area (Å²) < 4.78 is 65.8. The molecule has 0 fully saturated rings. The van der Waals surface area contributed by atoms with Crippen molar-refractivity contribution in [1.29, 1.82) is 0 Å². The summed E-state index contributed by atoms with van der Waals surface area (Å²) in [4.78, 5) is 7.23. The molecule has 0 saturated heterocycles. The Morgan fingerprint density at radius 3 is 2.09 bits per heavy atom. The summed E-state index contributed by atoms with van der Waals surface area (Å²) in [6.07, 6.45) is -1.00. The molecule has 2 heterocycles. The van der Waals surface area contributed by atoms with Crippen molar-refractivity contribution in [2.24, 2.45) is 0 Å². The molecule has 120 valence electrons. The molecule has 0 saturated carbocycles. The average molecular weight is 345 g/mol. The summed E-state index contributed by atoms with van der Waals surface area (Å²) in [6, 6.07) is 5.23. The van der Waals surface area contributed by atoms with E-state index in [-0.39, 0.29) is 11.2 Å². The van der Waals surface area contributed by atoms with E-state index in [9.17, 15) is 22.0 Å². The molecule has 1 aromatic carbocycles. The number of hydrogen-bond acceptors (Lipinski definition) is 2. The molecule has 0 aliphatic carbocycles. The van der Waals surface area contributed by atoms with Crippen LogP contribution < -0.4 is 0 Å². The molecule has 1 atom stereocenters. The van der Waals surface area contributed by atoms with Gasteiger partial charge in [-0.25, -0.2) is 9.97 Å². The van der Waals surface area contributed by atoms with Gasteiger partial charge >= 0.3 is 6.18 Å². The Balaban J connectivity index is 2.07. The van der Waals surface area contributed by atoms with Crippen molar-refractivity contribution in [2.45, 2.75) is 11.8 Å². The molecule has 3 rings (SSSR count). The largest absolute Gasteiger partial charge is 0.450 e. The summed E-state index contributed by atoms with van der Waals surface area (Å²) in [5, 5.41) is 0. The van der Waals surface area contributed by atoms with Crippen molar-refractivity contribution in [2.75, 3.05) is 0 Å². The Bertz CT molecular complexity index is 849. The second kappa shape index (κ2) is 5.23. The first kappa shape index (κ1) is 15.8. The van der Waals surface area contributed by atoms with Crippen molar-refractivity contribution in [1.82, 2.24) is 14.4 Å². The third kappa shape index (κ3) is 3.03. The third-order valence-corrected chi connectivity index (χ3v) is 3.57. The average Bonchev–Trinajstić information content (AvgIpc) is 2.89. The smallest absolute Gasteiger partial charge is 0.280 e. The van der Waals surface area contributed by atoms with Crippen LogP contribution in [0.1, 0.15) is 11.4 Å². The second-order valence-corrected chi connectivity index (χ2v) is 5.58. The highest BCUT2D eigenvalue weighted by Gasteiger charge is 2.36. The van der Waals surface area contributed by atoms with Crippen molar-refractivity contribution in [3.8, 4) is 11.1 Å². The topological polar surface area (TPSA) is 30.2 Å². The van der Waals surface area contributed by atoms with Gasteiger partial charge in [0.1, 0.15) is 0 Å². The van der Waals surface area contributed by atoms with Crippen LogP contribution in [0.2, 0.25) is 0 Å². The maximum Gasteiger partial charge on any atom is 0.450 e. The number of nitrogens with zero attached hydrogens (tertiary/aromatic N) is 3. The summed E-state index contributed by atoms with van der Waals surface area (Å²) in [7, 11) is 1.43. The lowest BCUT2D eigenvalue weighted by Crippen LogP contribution is -2.11. The zero-order valence-electron chi connectivity index (χ0n) is 11.4. The van der Waals surface area contributed by atoms with E-state index in [1.165, 1.54) is 45.9 Å². The fourth-order valence-corrected chi connectivity index (χ4v) is 2.32. The van der Waals surface area contributed by atoms with Crippen molar-refractivity contribution in [3.05, 3.63) is 54.2 Å². The highest BCUT2D eigenvalue weighted by molar-refractivity contribution is 7.17. The highest BCUT2D eigenvalue weighted by Crippen LogP contribution is 2.35. The minimum atomic E-state index is -4.61. The number of imidazole rings is 1. The zero-order chi connectivity index (χ0) is 16.8. The van der Waals surface area contributed by atoms with E-state index in [2.05, 4.69) is 9.97 Å². The Hall–Kier alpha value is -2.08. The SMILES string of the molecule is FC(F)(F)c1ncc2ncc(-c3ccc(C(F)(F)P)cc3)cn12. The van der Waals surface area contributed by atoms with Gasteiger partial charge in [-0.1, -0.05) is 33.5 Å². The third-order valence-electron chi connectivity index (χ3n) is 3.24. The molecule has 0 radical (unpaired) electrons. The molecular formula is C14H9F5N3P. The monoisotopic (exact) mass is 345 g/mol. The van der Waals surface area contributed by atoms with Crippen LogP contribution in [0.3, 0.4) is 0 Å². The maximum absolute atomic E-state index is 13.2. The molecule has 2 aromatic heterocycles. The molecule has 0 N–H and O–H groups in total. The molecule has 0 bridgehead atoms. The fraction of sp³-hybridized carbons (Fsp3) is 0.143. The Labute approximate surface area is 129 Å². The normalized spacial score (nSPS) is 12.8. The quantitative estimate of drug-likeness (QED) is 0.511. The Morgan fingerprint density at radius 2 is 1.52 bits per heavy atom. The first-order valence-corrected chi connectivity index (χ1v) is 6.92. The molecule has 1 unspecified atom stereocenters. The van der Waals surface area contributed by atoms with Crippen LogP contribution in [-0.2, 0) is 11.8 Å². The minimum absolute atomic E-state index is 0.0502. The summed E-state index contributed by atoms with van der Waals surface area (Å²) in [5.74, 6) is -1.09. The molecule has 23 heavy (non-hydrogen) atoms. The standard InChI is InChI=1S/C14H9F5N3P/c15-13(16,17)12-21-6-11-20-5-9(7-22(11)12)8-1-3-10(4-2-8)14(18,19)23/h1-7H,23H2.